The summed E-state index contributed by atoms with van der Waals surface area (Å²) in [5.41, 5.74) is 0.499. The van der Waals surface area contributed by atoms with E-state index >= 15 is 0 Å². The molecule has 0 saturated heterocycles. The van der Waals surface area contributed by atoms with Crippen LogP contribution in [0.15, 0.2) is 22.7 Å². The lowest BCUT2D eigenvalue weighted by molar-refractivity contribution is 0.0600. The number of esters is 1. The molecule has 1 aromatic rings. The molecule has 106 valence electrons. The topological polar surface area (TPSA) is 35.5 Å². The first-order chi connectivity index (χ1) is 8.58. The van der Waals surface area contributed by atoms with E-state index in [2.05, 4.69) is 49.8 Å². The fourth-order valence-electron chi connectivity index (χ4n) is 1.25. The summed E-state index contributed by atoms with van der Waals surface area (Å²) in [6.45, 7) is 10.9. The number of halogens is 1. The Kier molecular flexibility index (Phi) is 4.85. The van der Waals surface area contributed by atoms with Crippen molar-refractivity contribution >= 4 is 30.2 Å². The molecule has 0 aliphatic rings. The van der Waals surface area contributed by atoms with E-state index in [-0.39, 0.29) is 11.0 Å². The summed E-state index contributed by atoms with van der Waals surface area (Å²) in [6, 6.07) is 5.26. The third-order valence-electron chi connectivity index (χ3n) is 3.52. The van der Waals surface area contributed by atoms with Crippen LogP contribution in [-0.2, 0) is 4.74 Å². The van der Waals surface area contributed by atoms with E-state index in [1.54, 1.807) is 12.1 Å². The highest BCUT2D eigenvalue weighted by Gasteiger charge is 2.39. The van der Waals surface area contributed by atoms with E-state index in [0.29, 0.717) is 11.3 Å². The molecular formula is C14H21BrO3Si. The standard InChI is InChI=1S/C14H21BrO3Si/c1-14(2,3)19(5,6)18-12-9-10(13(16)17-4)7-8-11(12)15/h7-9H,1-6H3. The molecule has 0 aromatic heterocycles. The average molecular weight is 345 g/mol. The Hall–Kier alpha value is -0.813. The Morgan fingerprint density at radius 3 is 2.32 bits per heavy atom. The Bertz CT molecular complexity index is 478. The van der Waals surface area contributed by atoms with Gasteiger partial charge in [0, 0.05) is 0 Å². The zero-order valence-corrected chi connectivity index (χ0v) is 14.9. The minimum Gasteiger partial charge on any atom is -0.543 e. The molecule has 0 amide bonds. The Morgan fingerprint density at radius 2 is 1.84 bits per heavy atom. The molecule has 0 heterocycles. The Balaban J connectivity index is 3.11. The molecule has 0 N–H and O–H groups in total. The fraction of sp³-hybridized carbons (Fsp3) is 0.500. The monoisotopic (exact) mass is 344 g/mol. The quantitative estimate of drug-likeness (QED) is 0.592. The smallest absolute Gasteiger partial charge is 0.337 e. The van der Waals surface area contributed by atoms with Gasteiger partial charge in [-0.3, -0.25) is 0 Å². The van der Waals surface area contributed by atoms with E-state index < -0.39 is 8.32 Å². The maximum absolute atomic E-state index is 11.6. The van der Waals surface area contributed by atoms with E-state index in [4.69, 9.17) is 9.16 Å². The number of carbonyl (C=O) groups excluding carboxylic acids is 1. The van der Waals surface area contributed by atoms with Gasteiger partial charge in [-0.1, -0.05) is 20.8 Å². The molecule has 0 fully saturated rings. The van der Waals surface area contributed by atoms with Gasteiger partial charge in [-0.2, -0.15) is 0 Å². The number of benzene rings is 1. The minimum atomic E-state index is -1.93. The van der Waals surface area contributed by atoms with E-state index in [9.17, 15) is 4.79 Å². The van der Waals surface area contributed by atoms with Crippen molar-refractivity contribution < 1.29 is 14.0 Å². The maximum atomic E-state index is 11.6. The Morgan fingerprint density at radius 1 is 1.26 bits per heavy atom. The second-order valence-electron chi connectivity index (χ2n) is 6.00. The molecule has 3 nitrogen and oxygen atoms in total. The van der Waals surface area contributed by atoms with Crippen molar-refractivity contribution in [3.63, 3.8) is 0 Å². The number of rotatable bonds is 3. The summed E-state index contributed by atoms with van der Waals surface area (Å²) in [4.78, 5) is 11.6. The lowest BCUT2D eigenvalue weighted by Gasteiger charge is -2.36. The number of carbonyl (C=O) groups is 1. The summed E-state index contributed by atoms with van der Waals surface area (Å²) in [7, 11) is -0.553. The molecule has 0 aliphatic carbocycles. The highest BCUT2D eigenvalue weighted by atomic mass is 79.9. The SMILES string of the molecule is COC(=O)c1ccc(Br)c(O[Si](C)(C)C(C)(C)C)c1. The number of hydrogen-bond acceptors (Lipinski definition) is 3. The molecule has 19 heavy (non-hydrogen) atoms. The van der Waals surface area contributed by atoms with E-state index in [1.807, 2.05) is 6.07 Å². The average Bonchev–Trinajstić information content (AvgIpc) is 2.29. The molecule has 0 bridgehead atoms. The lowest BCUT2D eigenvalue weighted by Crippen LogP contribution is -2.44. The van der Waals surface area contributed by atoms with Gasteiger partial charge >= 0.3 is 5.97 Å². The predicted molar refractivity (Wildman–Crippen MR) is 83.3 cm³/mol. The van der Waals surface area contributed by atoms with Gasteiger partial charge in [0.15, 0.2) is 0 Å². The highest BCUT2D eigenvalue weighted by Crippen LogP contribution is 2.39. The van der Waals surface area contributed by atoms with Gasteiger partial charge in [0.25, 0.3) is 8.32 Å². The van der Waals surface area contributed by atoms with Gasteiger partial charge in [-0.25, -0.2) is 4.79 Å². The van der Waals surface area contributed by atoms with Gasteiger partial charge < -0.3 is 9.16 Å². The first kappa shape index (κ1) is 16.2. The van der Waals surface area contributed by atoms with Gasteiger partial charge in [-0.05, 0) is 52.3 Å². The van der Waals surface area contributed by atoms with Crippen LogP contribution in [0.4, 0.5) is 0 Å². The van der Waals surface area contributed by atoms with Crippen LogP contribution in [0.25, 0.3) is 0 Å². The summed E-state index contributed by atoms with van der Waals surface area (Å²) in [5.74, 6) is 0.349. The summed E-state index contributed by atoms with van der Waals surface area (Å²) in [5, 5.41) is 0.105. The lowest BCUT2D eigenvalue weighted by atomic mass is 10.2. The second kappa shape index (κ2) is 5.67. The molecule has 0 radical (unpaired) electrons. The number of hydrogen-bond donors (Lipinski definition) is 0. The molecule has 0 saturated carbocycles. The second-order valence-corrected chi connectivity index (χ2v) is 11.6. The van der Waals surface area contributed by atoms with Crippen molar-refractivity contribution in [1.82, 2.24) is 0 Å². The fourth-order valence-corrected chi connectivity index (χ4v) is 2.76. The number of ether oxygens (including phenoxy) is 1. The van der Waals surface area contributed by atoms with Crippen LogP contribution in [0.5, 0.6) is 5.75 Å². The van der Waals surface area contributed by atoms with Crippen molar-refractivity contribution in [3.8, 4) is 5.75 Å². The molecular weight excluding hydrogens is 324 g/mol. The van der Waals surface area contributed by atoms with Crippen LogP contribution < -0.4 is 4.43 Å². The zero-order valence-electron chi connectivity index (χ0n) is 12.3. The molecule has 1 rings (SSSR count). The molecule has 0 spiro atoms. The third kappa shape index (κ3) is 3.83. The minimum absolute atomic E-state index is 0.105. The van der Waals surface area contributed by atoms with E-state index in [1.165, 1.54) is 7.11 Å². The molecule has 0 atom stereocenters. The van der Waals surface area contributed by atoms with Crippen LogP contribution in [0.3, 0.4) is 0 Å². The largest absolute Gasteiger partial charge is 0.543 e. The summed E-state index contributed by atoms with van der Waals surface area (Å²) < 4.78 is 11.8. The molecule has 1 aromatic carbocycles. The normalized spacial score (nSPS) is 12.2. The molecule has 0 aliphatic heterocycles. The zero-order chi connectivity index (χ0) is 14.8. The first-order valence-electron chi connectivity index (χ1n) is 6.15. The summed E-state index contributed by atoms with van der Waals surface area (Å²) in [6.07, 6.45) is 0. The highest BCUT2D eigenvalue weighted by molar-refractivity contribution is 9.10. The number of methoxy groups -OCH3 is 1. The van der Waals surface area contributed by atoms with Gasteiger partial charge in [0.2, 0.25) is 0 Å². The molecule has 0 unspecified atom stereocenters. The van der Waals surface area contributed by atoms with Crippen molar-refractivity contribution in [1.29, 1.82) is 0 Å². The van der Waals surface area contributed by atoms with Crippen molar-refractivity contribution in [3.05, 3.63) is 28.2 Å². The third-order valence-corrected chi connectivity index (χ3v) is 8.52. The van der Waals surface area contributed by atoms with Crippen molar-refractivity contribution in [2.75, 3.05) is 7.11 Å². The summed E-state index contributed by atoms with van der Waals surface area (Å²) >= 11 is 3.47. The Labute approximate surface area is 124 Å². The van der Waals surface area contributed by atoms with Crippen LogP contribution in [0.2, 0.25) is 18.1 Å². The first-order valence-corrected chi connectivity index (χ1v) is 9.85. The maximum Gasteiger partial charge on any atom is 0.337 e. The predicted octanol–water partition coefficient (Wildman–Crippen LogP) is 4.62. The molecule has 5 heteroatoms. The van der Waals surface area contributed by atoms with E-state index in [0.717, 1.165) is 4.47 Å². The van der Waals surface area contributed by atoms with Crippen LogP contribution in [-0.4, -0.2) is 21.4 Å². The van der Waals surface area contributed by atoms with Crippen molar-refractivity contribution in [2.45, 2.75) is 38.9 Å². The van der Waals surface area contributed by atoms with Gasteiger partial charge in [0.1, 0.15) is 5.75 Å². The van der Waals surface area contributed by atoms with Crippen molar-refractivity contribution in [2.24, 2.45) is 0 Å². The van der Waals surface area contributed by atoms with Gasteiger partial charge in [0.05, 0.1) is 17.1 Å². The van der Waals surface area contributed by atoms with Gasteiger partial charge in [-0.15, -0.1) is 0 Å². The van der Waals surface area contributed by atoms with Crippen LogP contribution in [0, 0.1) is 0 Å². The van der Waals surface area contributed by atoms with Crippen LogP contribution in [0.1, 0.15) is 31.1 Å². The van der Waals surface area contributed by atoms with Crippen LogP contribution >= 0.6 is 15.9 Å².